The quantitative estimate of drug-likeness (QED) is 0.602. The second-order valence-corrected chi connectivity index (χ2v) is 5.08. The number of halogens is 1. The summed E-state index contributed by atoms with van der Waals surface area (Å²) >= 11 is 3.61. The molecule has 0 nitrogen and oxygen atoms in total. The van der Waals surface area contributed by atoms with Crippen molar-refractivity contribution in [2.45, 2.75) is 50.3 Å². The summed E-state index contributed by atoms with van der Waals surface area (Å²) in [5.41, 5.74) is 0. The average molecular weight is 205 g/mol. The maximum Gasteiger partial charge on any atom is 0.0120 e. The summed E-state index contributed by atoms with van der Waals surface area (Å²) in [4.78, 5) is 0.732. The first-order chi connectivity index (χ1) is 4.79. The van der Waals surface area contributed by atoms with Gasteiger partial charge in [0, 0.05) is 4.83 Å². The molecule has 0 N–H and O–H groups in total. The number of hydrogen-bond acceptors (Lipinski definition) is 0. The summed E-state index contributed by atoms with van der Waals surface area (Å²) in [5.74, 6) is 1.03. The molecule has 0 aromatic carbocycles. The fourth-order valence-corrected chi connectivity index (χ4v) is 2.41. The van der Waals surface area contributed by atoms with E-state index in [0.29, 0.717) is 0 Å². The zero-order valence-corrected chi connectivity index (χ0v) is 8.36. The molecule has 0 spiro atoms. The van der Waals surface area contributed by atoms with Gasteiger partial charge in [-0.2, -0.15) is 0 Å². The van der Waals surface area contributed by atoms with E-state index in [0.717, 1.165) is 10.7 Å². The molecule has 0 saturated heterocycles. The Morgan fingerprint density at radius 1 is 1.30 bits per heavy atom. The molecule has 0 bridgehead atoms. The minimum atomic E-state index is 0.732. The third-order valence-corrected chi connectivity index (χ3v) is 2.76. The zero-order chi connectivity index (χ0) is 7.40. The average Bonchev–Trinajstić information content (AvgIpc) is 1.88. The van der Waals surface area contributed by atoms with Gasteiger partial charge in [0.05, 0.1) is 0 Å². The van der Waals surface area contributed by atoms with Crippen LogP contribution in [0.15, 0.2) is 0 Å². The minimum Gasteiger partial charge on any atom is -0.0894 e. The van der Waals surface area contributed by atoms with Crippen molar-refractivity contribution in [3.63, 3.8) is 0 Å². The predicted molar refractivity (Wildman–Crippen MR) is 49.6 cm³/mol. The maximum absolute atomic E-state index is 3.61. The Morgan fingerprint density at radius 3 is 2.40 bits per heavy atom. The molecule has 1 aliphatic carbocycles. The van der Waals surface area contributed by atoms with E-state index in [1.54, 1.807) is 0 Å². The van der Waals surface area contributed by atoms with Crippen LogP contribution in [0.3, 0.4) is 0 Å². The van der Waals surface area contributed by atoms with Crippen molar-refractivity contribution in [1.29, 1.82) is 0 Å². The van der Waals surface area contributed by atoms with Crippen LogP contribution in [0.2, 0.25) is 0 Å². The maximum atomic E-state index is 3.61. The third kappa shape index (κ3) is 3.05. The van der Waals surface area contributed by atoms with Gasteiger partial charge < -0.3 is 0 Å². The van der Waals surface area contributed by atoms with Gasteiger partial charge in [-0.05, 0) is 12.3 Å². The predicted octanol–water partition coefficient (Wildman–Crippen LogP) is 3.74. The van der Waals surface area contributed by atoms with E-state index in [4.69, 9.17) is 0 Å². The van der Waals surface area contributed by atoms with E-state index in [9.17, 15) is 0 Å². The van der Waals surface area contributed by atoms with Crippen LogP contribution in [0.5, 0.6) is 0 Å². The van der Waals surface area contributed by atoms with E-state index in [1.165, 1.54) is 38.5 Å². The molecule has 0 aromatic heterocycles. The molecular formula is C9H17Br. The van der Waals surface area contributed by atoms with Crippen molar-refractivity contribution in [3.8, 4) is 0 Å². The van der Waals surface area contributed by atoms with Crippen molar-refractivity contribution in [3.05, 3.63) is 0 Å². The molecule has 1 fully saturated rings. The Bertz CT molecular complexity index is 82.7. The van der Waals surface area contributed by atoms with Gasteiger partial charge in [-0.15, -0.1) is 0 Å². The highest BCUT2D eigenvalue weighted by atomic mass is 79.9. The second kappa shape index (κ2) is 4.38. The first kappa shape index (κ1) is 8.58. The Kier molecular flexibility index (Phi) is 3.75. The van der Waals surface area contributed by atoms with Gasteiger partial charge in [0.2, 0.25) is 0 Å². The van der Waals surface area contributed by atoms with Crippen LogP contribution in [-0.2, 0) is 0 Å². The van der Waals surface area contributed by atoms with Crippen molar-refractivity contribution in [2.24, 2.45) is 5.92 Å². The second-order valence-electron chi connectivity index (χ2n) is 3.52. The lowest BCUT2D eigenvalue weighted by atomic mass is 9.86. The van der Waals surface area contributed by atoms with Gasteiger partial charge >= 0.3 is 0 Å². The molecule has 0 aromatic rings. The highest BCUT2D eigenvalue weighted by Crippen LogP contribution is 2.28. The molecule has 0 heterocycles. The summed E-state index contributed by atoms with van der Waals surface area (Å²) in [6.07, 6.45) is 8.79. The standard InChI is InChI=1S/C9H17Br/c1-8(10)7-9-5-3-2-4-6-9/h8-9H,2-7H2,1H3. The highest BCUT2D eigenvalue weighted by Gasteiger charge is 2.14. The van der Waals surface area contributed by atoms with Crippen molar-refractivity contribution in [2.75, 3.05) is 0 Å². The largest absolute Gasteiger partial charge is 0.0894 e. The Hall–Kier alpha value is 0.480. The van der Waals surface area contributed by atoms with Gasteiger partial charge in [-0.3, -0.25) is 0 Å². The summed E-state index contributed by atoms with van der Waals surface area (Å²) in [6, 6.07) is 0. The lowest BCUT2D eigenvalue weighted by molar-refractivity contribution is 0.340. The number of alkyl halides is 1. The molecule has 1 atom stereocenters. The van der Waals surface area contributed by atoms with Crippen LogP contribution in [-0.4, -0.2) is 4.83 Å². The molecule has 60 valence electrons. The van der Waals surface area contributed by atoms with E-state index < -0.39 is 0 Å². The Balaban J connectivity index is 2.13. The number of hydrogen-bond donors (Lipinski definition) is 0. The van der Waals surface area contributed by atoms with Gasteiger partial charge in [0.25, 0.3) is 0 Å². The van der Waals surface area contributed by atoms with Crippen molar-refractivity contribution >= 4 is 15.9 Å². The summed E-state index contributed by atoms with van der Waals surface area (Å²) in [6.45, 7) is 2.26. The minimum absolute atomic E-state index is 0.732. The highest BCUT2D eigenvalue weighted by molar-refractivity contribution is 9.09. The van der Waals surface area contributed by atoms with Gasteiger partial charge in [-0.25, -0.2) is 0 Å². The fraction of sp³-hybridized carbons (Fsp3) is 1.00. The lowest BCUT2D eigenvalue weighted by Crippen LogP contribution is -2.09. The van der Waals surface area contributed by atoms with E-state index >= 15 is 0 Å². The lowest BCUT2D eigenvalue weighted by Gasteiger charge is -2.22. The van der Waals surface area contributed by atoms with E-state index in [1.807, 2.05) is 0 Å². The molecule has 1 saturated carbocycles. The van der Waals surface area contributed by atoms with E-state index in [2.05, 4.69) is 22.9 Å². The van der Waals surface area contributed by atoms with Crippen LogP contribution < -0.4 is 0 Å². The smallest absolute Gasteiger partial charge is 0.0120 e. The first-order valence-electron chi connectivity index (χ1n) is 4.43. The van der Waals surface area contributed by atoms with E-state index in [-0.39, 0.29) is 0 Å². The van der Waals surface area contributed by atoms with Crippen LogP contribution in [0.1, 0.15) is 45.4 Å². The normalized spacial score (nSPS) is 24.6. The molecule has 10 heavy (non-hydrogen) atoms. The SMILES string of the molecule is CC(Br)CC1CCCCC1. The fourth-order valence-electron chi connectivity index (χ4n) is 1.88. The van der Waals surface area contributed by atoms with Crippen LogP contribution >= 0.6 is 15.9 Å². The molecule has 1 unspecified atom stereocenters. The summed E-state index contributed by atoms with van der Waals surface area (Å²) < 4.78 is 0. The molecule has 1 heteroatoms. The third-order valence-electron chi connectivity index (χ3n) is 2.38. The van der Waals surface area contributed by atoms with Crippen molar-refractivity contribution < 1.29 is 0 Å². The molecule has 1 rings (SSSR count). The molecular weight excluding hydrogens is 188 g/mol. The molecule has 1 aliphatic rings. The first-order valence-corrected chi connectivity index (χ1v) is 5.34. The molecule has 0 radical (unpaired) electrons. The Morgan fingerprint density at radius 2 is 1.90 bits per heavy atom. The summed E-state index contributed by atoms with van der Waals surface area (Å²) in [7, 11) is 0. The van der Waals surface area contributed by atoms with Crippen molar-refractivity contribution in [1.82, 2.24) is 0 Å². The molecule has 0 amide bonds. The van der Waals surface area contributed by atoms with Gasteiger partial charge in [0.15, 0.2) is 0 Å². The monoisotopic (exact) mass is 204 g/mol. The zero-order valence-electron chi connectivity index (χ0n) is 6.78. The van der Waals surface area contributed by atoms with Crippen LogP contribution in [0.4, 0.5) is 0 Å². The van der Waals surface area contributed by atoms with Crippen LogP contribution in [0.25, 0.3) is 0 Å². The topological polar surface area (TPSA) is 0 Å². The van der Waals surface area contributed by atoms with Crippen LogP contribution in [0, 0.1) is 5.92 Å². The number of rotatable bonds is 2. The summed E-state index contributed by atoms with van der Waals surface area (Å²) in [5, 5.41) is 0. The van der Waals surface area contributed by atoms with Gasteiger partial charge in [0.1, 0.15) is 0 Å². The van der Waals surface area contributed by atoms with Gasteiger partial charge in [-0.1, -0.05) is 55.0 Å². The Labute approximate surface area is 72.5 Å². The molecule has 0 aliphatic heterocycles.